The lowest BCUT2D eigenvalue weighted by Gasteiger charge is -2.23. The van der Waals surface area contributed by atoms with Crippen molar-refractivity contribution in [1.29, 1.82) is 0 Å². The van der Waals surface area contributed by atoms with E-state index >= 15 is 0 Å². The van der Waals surface area contributed by atoms with Gasteiger partial charge in [-0.2, -0.15) is 0 Å². The smallest absolute Gasteiger partial charge is 0.0100 e. The standard InChI is InChI=1S/C13H27N/c1-6-7-11(3)14-12-9-13(4,5)8-10(12)2/h10-12,14H,6-9H2,1-5H3. The summed E-state index contributed by atoms with van der Waals surface area (Å²) in [5, 5.41) is 3.79. The van der Waals surface area contributed by atoms with Gasteiger partial charge < -0.3 is 5.32 Å². The normalized spacial score (nSPS) is 33.2. The van der Waals surface area contributed by atoms with Gasteiger partial charge in [-0.1, -0.05) is 34.1 Å². The first-order valence-corrected chi connectivity index (χ1v) is 6.20. The molecular weight excluding hydrogens is 170 g/mol. The summed E-state index contributed by atoms with van der Waals surface area (Å²) in [5.41, 5.74) is 0.559. The molecule has 0 amide bonds. The zero-order valence-corrected chi connectivity index (χ0v) is 10.6. The maximum absolute atomic E-state index is 3.79. The second-order valence-corrected chi connectivity index (χ2v) is 6.01. The molecule has 0 bridgehead atoms. The van der Waals surface area contributed by atoms with Crippen molar-refractivity contribution in [3.63, 3.8) is 0 Å². The van der Waals surface area contributed by atoms with Crippen LogP contribution in [0, 0.1) is 11.3 Å². The van der Waals surface area contributed by atoms with Crippen LogP contribution in [0.3, 0.4) is 0 Å². The summed E-state index contributed by atoms with van der Waals surface area (Å²) in [4.78, 5) is 0. The van der Waals surface area contributed by atoms with Gasteiger partial charge in [-0.15, -0.1) is 0 Å². The van der Waals surface area contributed by atoms with Gasteiger partial charge in [0, 0.05) is 12.1 Å². The lowest BCUT2D eigenvalue weighted by molar-refractivity contribution is 0.350. The lowest BCUT2D eigenvalue weighted by Crippen LogP contribution is -2.38. The predicted molar refractivity (Wildman–Crippen MR) is 63.5 cm³/mol. The molecule has 1 rings (SSSR count). The maximum atomic E-state index is 3.79. The highest BCUT2D eigenvalue weighted by molar-refractivity contribution is 4.91. The zero-order valence-electron chi connectivity index (χ0n) is 10.6. The van der Waals surface area contributed by atoms with Gasteiger partial charge in [0.1, 0.15) is 0 Å². The molecule has 84 valence electrons. The molecule has 14 heavy (non-hydrogen) atoms. The van der Waals surface area contributed by atoms with Gasteiger partial charge >= 0.3 is 0 Å². The second kappa shape index (κ2) is 4.65. The Morgan fingerprint density at radius 1 is 1.36 bits per heavy atom. The molecule has 3 unspecified atom stereocenters. The van der Waals surface area contributed by atoms with Gasteiger partial charge in [-0.3, -0.25) is 0 Å². The number of rotatable bonds is 4. The van der Waals surface area contributed by atoms with Crippen molar-refractivity contribution in [3.05, 3.63) is 0 Å². The van der Waals surface area contributed by atoms with Crippen LogP contribution in [0.25, 0.3) is 0 Å². The Morgan fingerprint density at radius 2 is 2.00 bits per heavy atom. The Hall–Kier alpha value is -0.0400. The van der Waals surface area contributed by atoms with E-state index in [4.69, 9.17) is 0 Å². The Morgan fingerprint density at radius 3 is 2.43 bits per heavy atom. The van der Waals surface area contributed by atoms with Crippen LogP contribution in [0.15, 0.2) is 0 Å². The minimum Gasteiger partial charge on any atom is -0.311 e. The fourth-order valence-electron chi connectivity index (χ4n) is 3.00. The van der Waals surface area contributed by atoms with E-state index in [1.54, 1.807) is 0 Å². The quantitative estimate of drug-likeness (QED) is 0.726. The molecule has 1 aliphatic carbocycles. The minimum atomic E-state index is 0.559. The predicted octanol–water partition coefficient (Wildman–Crippen LogP) is 3.59. The van der Waals surface area contributed by atoms with Crippen molar-refractivity contribution in [2.24, 2.45) is 11.3 Å². The van der Waals surface area contributed by atoms with E-state index < -0.39 is 0 Å². The van der Waals surface area contributed by atoms with Crippen molar-refractivity contribution in [2.45, 2.75) is 72.4 Å². The van der Waals surface area contributed by atoms with Crippen LogP contribution in [-0.2, 0) is 0 Å². The van der Waals surface area contributed by atoms with Gasteiger partial charge in [0.2, 0.25) is 0 Å². The van der Waals surface area contributed by atoms with E-state index in [0.717, 1.165) is 12.0 Å². The summed E-state index contributed by atoms with van der Waals surface area (Å²) in [6.07, 6.45) is 5.33. The van der Waals surface area contributed by atoms with Crippen molar-refractivity contribution in [3.8, 4) is 0 Å². The van der Waals surface area contributed by atoms with Crippen LogP contribution in [0.5, 0.6) is 0 Å². The average molecular weight is 197 g/mol. The van der Waals surface area contributed by atoms with Crippen LogP contribution in [-0.4, -0.2) is 12.1 Å². The second-order valence-electron chi connectivity index (χ2n) is 6.01. The third-order valence-electron chi connectivity index (χ3n) is 3.55. The highest BCUT2D eigenvalue weighted by Crippen LogP contribution is 2.40. The molecule has 1 aliphatic rings. The molecule has 0 aliphatic heterocycles. The molecule has 1 N–H and O–H groups in total. The van der Waals surface area contributed by atoms with E-state index in [2.05, 4.69) is 39.9 Å². The minimum absolute atomic E-state index is 0.559. The van der Waals surface area contributed by atoms with Crippen LogP contribution in [0.4, 0.5) is 0 Å². The first-order chi connectivity index (χ1) is 6.44. The summed E-state index contributed by atoms with van der Waals surface area (Å²) in [6.45, 7) is 11.8. The molecule has 0 saturated heterocycles. The topological polar surface area (TPSA) is 12.0 Å². The van der Waals surface area contributed by atoms with E-state index in [0.29, 0.717) is 11.5 Å². The summed E-state index contributed by atoms with van der Waals surface area (Å²) in [6, 6.07) is 1.45. The third-order valence-corrected chi connectivity index (χ3v) is 3.55. The molecule has 0 aromatic rings. The largest absolute Gasteiger partial charge is 0.311 e. The Kier molecular flexibility index (Phi) is 4.00. The van der Waals surface area contributed by atoms with E-state index in [-0.39, 0.29) is 0 Å². The van der Waals surface area contributed by atoms with Gasteiger partial charge in [0.25, 0.3) is 0 Å². The molecule has 1 nitrogen and oxygen atoms in total. The van der Waals surface area contributed by atoms with Crippen LogP contribution < -0.4 is 5.32 Å². The zero-order chi connectivity index (χ0) is 10.8. The Labute approximate surface area is 89.7 Å². The Balaban J connectivity index is 2.38. The van der Waals surface area contributed by atoms with E-state index in [1.165, 1.54) is 25.7 Å². The van der Waals surface area contributed by atoms with Gasteiger partial charge in [0.05, 0.1) is 0 Å². The molecule has 3 atom stereocenters. The highest BCUT2D eigenvalue weighted by Gasteiger charge is 2.36. The molecule has 0 aromatic carbocycles. The van der Waals surface area contributed by atoms with Crippen molar-refractivity contribution in [1.82, 2.24) is 5.32 Å². The average Bonchev–Trinajstić information content (AvgIpc) is 2.25. The molecule has 1 heteroatoms. The summed E-state index contributed by atoms with van der Waals surface area (Å²) in [5.74, 6) is 0.851. The van der Waals surface area contributed by atoms with Gasteiger partial charge in [-0.05, 0) is 37.5 Å². The molecule has 0 heterocycles. The molecule has 1 saturated carbocycles. The lowest BCUT2D eigenvalue weighted by atomic mass is 9.91. The SMILES string of the molecule is CCCC(C)NC1CC(C)(C)CC1C. The van der Waals surface area contributed by atoms with Crippen molar-refractivity contribution < 1.29 is 0 Å². The summed E-state index contributed by atoms with van der Waals surface area (Å²) >= 11 is 0. The number of hydrogen-bond acceptors (Lipinski definition) is 1. The van der Waals surface area contributed by atoms with E-state index in [1.807, 2.05) is 0 Å². The fourth-order valence-corrected chi connectivity index (χ4v) is 3.00. The first-order valence-electron chi connectivity index (χ1n) is 6.20. The van der Waals surface area contributed by atoms with Crippen molar-refractivity contribution in [2.75, 3.05) is 0 Å². The summed E-state index contributed by atoms with van der Waals surface area (Å²) in [7, 11) is 0. The van der Waals surface area contributed by atoms with Crippen LogP contribution >= 0.6 is 0 Å². The maximum Gasteiger partial charge on any atom is 0.0100 e. The van der Waals surface area contributed by atoms with E-state index in [9.17, 15) is 0 Å². The molecule has 1 fully saturated rings. The Bertz CT molecular complexity index is 174. The monoisotopic (exact) mass is 197 g/mol. The molecule has 0 radical (unpaired) electrons. The third kappa shape index (κ3) is 3.27. The number of hydrogen-bond donors (Lipinski definition) is 1. The first kappa shape index (κ1) is 12.0. The van der Waals surface area contributed by atoms with Gasteiger partial charge in [0.15, 0.2) is 0 Å². The van der Waals surface area contributed by atoms with Crippen LogP contribution in [0.2, 0.25) is 0 Å². The molecule has 0 spiro atoms. The molecule has 0 aromatic heterocycles. The van der Waals surface area contributed by atoms with Gasteiger partial charge in [-0.25, -0.2) is 0 Å². The highest BCUT2D eigenvalue weighted by atomic mass is 15.0. The number of nitrogens with one attached hydrogen (secondary N) is 1. The van der Waals surface area contributed by atoms with Crippen LogP contribution in [0.1, 0.15) is 60.3 Å². The summed E-state index contributed by atoms with van der Waals surface area (Å²) < 4.78 is 0. The fraction of sp³-hybridized carbons (Fsp3) is 1.00. The van der Waals surface area contributed by atoms with Crippen molar-refractivity contribution >= 4 is 0 Å². The molecular formula is C13H27N.